The van der Waals surface area contributed by atoms with Crippen LogP contribution < -0.4 is 0 Å². The summed E-state index contributed by atoms with van der Waals surface area (Å²) in [5.41, 5.74) is 0. The first-order chi connectivity index (χ1) is 9.92. The fourth-order valence-corrected chi connectivity index (χ4v) is 3.31. The van der Waals surface area contributed by atoms with Gasteiger partial charge < -0.3 is 8.98 Å². The second-order valence-corrected chi connectivity index (χ2v) is 6.29. The van der Waals surface area contributed by atoms with Gasteiger partial charge in [0.1, 0.15) is 0 Å². The van der Waals surface area contributed by atoms with Crippen LogP contribution in [0.2, 0.25) is 0 Å². The number of imidazole rings is 1. The lowest BCUT2D eigenvalue weighted by Gasteiger charge is -2.17. The number of hydrogen-bond acceptors (Lipinski definition) is 5. The van der Waals surface area contributed by atoms with Crippen LogP contribution in [-0.2, 0) is 6.54 Å². The molecule has 3 rings (SSSR count). The summed E-state index contributed by atoms with van der Waals surface area (Å²) in [5.74, 6) is 2.34. The lowest BCUT2D eigenvalue weighted by molar-refractivity contribution is 0.334. The molecule has 0 spiro atoms. The molecule has 1 fully saturated rings. The zero-order valence-electron chi connectivity index (χ0n) is 11.6. The van der Waals surface area contributed by atoms with E-state index in [1.165, 1.54) is 32.1 Å². The van der Waals surface area contributed by atoms with E-state index >= 15 is 0 Å². The van der Waals surface area contributed by atoms with E-state index in [-0.39, 0.29) is 0 Å². The summed E-state index contributed by atoms with van der Waals surface area (Å²) in [6.07, 6.45) is 13.0. The van der Waals surface area contributed by atoms with Crippen molar-refractivity contribution in [1.82, 2.24) is 19.7 Å². The van der Waals surface area contributed by atoms with Crippen LogP contribution >= 0.6 is 11.8 Å². The van der Waals surface area contributed by atoms with Crippen molar-refractivity contribution in [1.29, 1.82) is 0 Å². The summed E-state index contributed by atoms with van der Waals surface area (Å²) in [6.45, 7) is 0.983. The van der Waals surface area contributed by atoms with E-state index in [1.54, 1.807) is 11.8 Å². The highest BCUT2D eigenvalue weighted by Gasteiger charge is 2.21. The normalized spacial score (nSPS) is 16.6. The third-order valence-electron chi connectivity index (χ3n) is 3.72. The molecule has 1 saturated carbocycles. The molecule has 2 aromatic heterocycles. The standard InChI is InChI=1S/C14H20N4OS/c1-2-5-12(6-3-1)13-16-17-14(19-13)20-10-4-8-18-9-7-15-11-18/h7,9,11-12H,1-6,8,10H2. The molecular formula is C14H20N4OS. The zero-order chi connectivity index (χ0) is 13.6. The Hall–Kier alpha value is -1.30. The maximum atomic E-state index is 5.78. The molecule has 2 heterocycles. The molecule has 0 aromatic carbocycles. The molecule has 0 unspecified atom stereocenters. The van der Waals surface area contributed by atoms with Gasteiger partial charge in [0, 0.05) is 30.6 Å². The van der Waals surface area contributed by atoms with Gasteiger partial charge in [-0.1, -0.05) is 31.0 Å². The van der Waals surface area contributed by atoms with Gasteiger partial charge in [0.2, 0.25) is 5.89 Å². The number of rotatable bonds is 6. The third kappa shape index (κ3) is 3.62. The fraction of sp³-hybridized carbons (Fsp3) is 0.643. The zero-order valence-corrected chi connectivity index (χ0v) is 12.4. The maximum absolute atomic E-state index is 5.78. The van der Waals surface area contributed by atoms with Crippen LogP contribution in [0.15, 0.2) is 28.4 Å². The highest BCUT2D eigenvalue weighted by Crippen LogP contribution is 2.32. The summed E-state index contributed by atoms with van der Waals surface area (Å²) in [6, 6.07) is 0. The van der Waals surface area contributed by atoms with Crippen molar-refractivity contribution in [3.05, 3.63) is 24.6 Å². The molecule has 0 amide bonds. The van der Waals surface area contributed by atoms with Crippen LogP contribution in [0.5, 0.6) is 0 Å². The SMILES string of the molecule is c1cn(CCCSc2nnc(C3CCCCC3)o2)cn1. The summed E-state index contributed by atoms with van der Waals surface area (Å²) in [4.78, 5) is 4.03. The fourth-order valence-electron chi connectivity index (χ4n) is 2.62. The Bertz CT molecular complexity index is 505. The minimum absolute atomic E-state index is 0.497. The Kier molecular flexibility index (Phi) is 4.73. The molecule has 0 saturated heterocycles. The smallest absolute Gasteiger partial charge is 0.276 e. The third-order valence-corrected chi connectivity index (χ3v) is 4.63. The Morgan fingerprint density at radius 1 is 1.25 bits per heavy atom. The molecule has 0 bridgehead atoms. The quantitative estimate of drug-likeness (QED) is 0.602. The van der Waals surface area contributed by atoms with Gasteiger partial charge in [-0.2, -0.15) is 0 Å². The van der Waals surface area contributed by atoms with Crippen molar-refractivity contribution < 1.29 is 4.42 Å². The molecule has 1 aliphatic rings. The Balaban J connectivity index is 1.42. The van der Waals surface area contributed by atoms with Gasteiger partial charge in [-0.15, -0.1) is 10.2 Å². The van der Waals surface area contributed by atoms with Crippen LogP contribution in [0.4, 0.5) is 0 Å². The molecule has 0 atom stereocenters. The minimum atomic E-state index is 0.497. The molecule has 1 aliphatic carbocycles. The monoisotopic (exact) mass is 292 g/mol. The van der Waals surface area contributed by atoms with Crippen molar-refractivity contribution >= 4 is 11.8 Å². The average molecular weight is 292 g/mol. The first kappa shape index (κ1) is 13.7. The Morgan fingerprint density at radius 2 is 2.15 bits per heavy atom. The molecule has 5 nitrogen and oxygen atoms in total. The van der Waals surface area contributed by atoms with Crippen LogP contribution in [0, 0.1) is 0 Å². The van der Waals surface area contributed by atoms with Crippen molar-refractivity contribution in [3.8, 4) is 0 Å². The average Bonchev–Trinajstić information content (AvgIpc) is 3.16. The first-order valence-corrected chi connectivity index (χ1v) is 8.32. The Labute approximate surface area is 123 Å². The number of hydrogen-bond donors (Lipinski definition) is 0. The largest absolute Gasteiger partial charge is 0.416 e. The lowest BCUT2D eigenvalue weighted by Crippen LogP contribution is -2.04. The van der Waals surface area contributed by atoms with Crippen molar-refractivity contribution in [2.45, 2.75) is 56.2 Å². The summed E-state index contributed by atoms with van der Waals surface area (Å²) in [7, 11) is 0. The minimum Gasteiger partial charge on any atom is -0.416 e. The molecule has 6 heteroatoms. The van der Waals surface area contributed by atoms with Gasteiger partial charge >= 0.3 is 0 Å². The highest BCUT2D eigenvalue weighted by molar-refractivity contribution is 7.99. The Morgan fingerprint density at radius 3 is 2.95 bits per heavy atom. The van der Waals surface area contributed by atoms with Gasteiger partial charge in [0.05, 0.1) is 6.33 Å². The molecule has 20 heavy (non-hydrogen) atoms. The number of thioether (sulfide) groups is 1. The second-order valence-electron chi connectivity index (χ2n) is 5.24. The van der Waals surface area contributed by atoms with E-state index in [1.807, 2.05) is 18.7 Å². The van der Waals surface area contributed by atoms with E-state index in [9.17, 15) is 0 Å². The van der Waals surface area contributed by atoms with E-state index in [4.69, 9.17) is 4.42 Å². The molecule has 0 N–H and O–H groups in total. The summed E-state index contributed by atoms with van der Waals surface area (Å²) < 4.78 is 7.87. The van der Waals surface area contributed by atoms with Gasteiger partial charge in [0.25, 0.3) is 5.22 Å². The van der Waals surface area contributed by atoms with Crippen LogP contribution in [0.25, 0.3) is 0 Å². The lowest BCUT2D eigenvalue weighted by atomic mass is 9.89. The molecule has 0 aliphatic heterocycles. The second kappa shape index (κ2) is 6.92. The first-order valence-electron chi connectivity index (χ1n) is 7.34. The predicted molar refractivity (Wildman–Crippen MR) is 77.7 cm³/mol. The van der Waals surface area contributed by atoms with Gasteiger partial charge in [-0.3, -0.25) is 0 Å². The topological polar surface area (TPSA) is 56.7 Å². The molecule has 2 aromatic rings. The number of aromatic nitrogens is 4. The summed E-state index contributed by atoms with van der Waals surface area (Å²) >= 11 is 1.65. The predicted octanol–water partition coefficient (Wildman–Crippen LogP) is 3.50. The van der Waals surface area contributed by atoms with Gasteiger partial charge in [0.15, 0.2) is 0 Å². The van der Waals surface area contributed by atoms with Gasteiger partial charge in [-0.05, 0) is 19.3 Å². The van der Waals surface area contributed by atoms with Crippen molar-refractivity contribution in [2.24, 2.45) is 0 Å². The maximum Gasteiger partial charge on any atom is 0.276 e. The van der Waals surface area contributed by atoms with Gasteiger partial charge in [-0.25, -0.2) is 4.98 Å². The summed E-state index contributed by atoms with van der Waals surface area (Å²) in [5, 5.41) is 9.09. The van der Waals surface area contributed by atoms with Crippen molar-refractivity contribution in [2.75, 3.05) is 5.75 Å². The van der Waals surface area contributed by atoms with E-state index in [0.29, 0.717) is 5.92 Å². The number of aryl methyl sites for hydroxylation is 1. The van der Waals surface area contributed by atoms with Crippen LogP contribution in [0.1, 0.15) is 50.3 Å². The molecular weight excluding hydrogens is 272 g/mol. The van der Waals surface area contributed by atoms with Crippen molar-refractivity contribution in [3.63, 3.8) is 0 Å². The number of nitrogens with zero attached hydrogens (tertiary/aromatic N) is 4. The van der Waals surface area contributed by atoms with E-state index in [2.05, 4.69) is 19.7 Å². The molecule has 108 valence electrons. The van der Waals surface area contributed by atoms with Crippen LogP contribution in [0.3, 0.4) is 0 Å². The van der Waals surface area contributed by atoms with E-state index < -0.39 is 0 Å². The van der Waals surface area contributed by atoms with E-state index in [0.717, 1.165) is 29.8 Å². The van der Waals surface area contributed by atoms with Crippen LogP contribution in [-0.4, -0.2) is 25.5 Å². The highest BCUT2D eigenvalue weighted by atomic mass is 32.2. The molecule has 0 radical (unpaired) electrons.